The maximum atomic E-state index is 14.6. The third-order valence-electron chi connectivity index (χ3n) is 5.34. The van der Waals surface area contributed by atoms with Gasteiger partial charge in [0.15, 0.2) is 5.17 Å². The number of alkyl halides is 3. The summed E-state index contributed by atoms with van der Waals surface area (Å²) in [6.07, 6.45) is -0.0417. The van der Waals surface area contributed by atoms with Crippen molar-refractivity contribution in [2.45, 2.75) is 54.2 Å². The van der Waals surface area contributed by atoms with E-state index in [0.717, 1.165) is 55.1 Å². The second kappa shape index (κ2) is 7.91. The van der Waals surface area contributed by atoms with Gasteiger partial charge >= 0.3 is 6.18 Å². The second-order valence-corrected chi connectivity index (χ2v) is 10.8. The normalized spacial score (nSPS) is 24.2. The number of hydrogen-bond acceptors (Lipinski definition) is 4. The number of nitrogens with zero attached hydrogens (tertiary/aromatic N) is 1. The molecule has 2 aromatic rings. The molecule has 2 aromatic carbocycles. The maximum Gasteiger partial charge on any atom is 0.427 e. The molecule has 0 saturated heterocycles. The van der Waals surface area contributed by atoms with Gasteiger partial charge in [0.1, 0.15) is 0 Å². The van der Waals surface area contributed by atoms with Crippen molar-refractivity contribution in [3.05, 3.63) is 65.7 Å². The van der Waals surface area contributed by atoms with E-state index in [1.54, 1.807) is 30.3 Å². The van der Waals surface area contributed by atoms with Crippen LogP contribution < -0.4 is 5.32 Å². The van der Waals surface area contributed by atoms with Gasteiger partial charge in [0.05, 0.1) is 4.08 Å². The van der Waals surface area contributed by atoms with Gasteiger partial charge in [-0.2, -0.15) is 13.2 Å². The first kappa shape index (κ1) is 20.7. The highest BCUT2D eigenvalue weighted by Gasteiger charge is 2.63. The van der Waals surface area contributed by atoms with Crippen molar-refractivity contribution in [3.8, 4) is 0 Å². The Morgan fingerprint density at radius 1 is 0.931 bits per heavy atom. The molecule has 0 radical (unpaired) electrons. The molecule has 2 nitrogen and oxygen atoms in total. The van der Waals surface area contributed by atoms with Gasteiger partial charge in [-0.25, -0.2) is 4.99 Å². The van der Waals surface area contributed by atoms with E-state index in [-0.39, 0.29) is 5.56 Å². The van der Waals surface area contributed by atoms with Crippen LogP contribution in [0.15, 0.2) is 59.6 Å². The molecule has 2 aliphatic rings. The molecular weight excluding hydrogens is 413 g/mol. The summed E-state index contributed by atoms with van der Waals surface area (Å²) < 4.78 is 43.3. The summed E-state index contributed by atoms with van der Waals surface area (Å²) in [5.74, 6) is 0. The molecule has 1 atom stereocenters. The SMILES string of the molecule is Cc1ccc(NC2=NC(c3ccccc3)(C(F)(F)F)SC3(CCCCC3)S2)cc1. The summed E-state index contributed by atoms with van der Waals surface area (Å²) in [5, 5.41) is 3.52. The summed E-state index contributed by atoms with van der Waals surface area (Å²) in [5.41, 5.74) is 2.04. The van der Waals surface area contributed by atoms with Crippen LogP contribution in [0.4, 0.5) is 18.9 Å². The van der Waals surface area contributed by atoms with Gasteiger partial charge in [-0.3, -0.25) is 0 Å². The summed E-state index contributed by atoms with van der Waals surface area (Å²) in [7, 11) is 0. The van der Waals surface area contributed by atoms with Crippen LogP contribution >= 0.6 is 23.5 Å². The number of aryl methyl sites for hydroxylation is 1. The summed E-state index contributed by atoms with van der Waals surface area (Å²) in [6.45, 7) is 1.98. The Labute approximate surface area is 177 Å². The minimum Gasteiger partial charge on any atom is -0.335 e. The van der Waals surface area contributed by atoms with Gasteiger partial charge in [-0.1, -0.05) is 90.8 Å². The van der Waals surface area contributed by atoms with Crippen molar-refractivity contribution in [1.29, 1.82) is 0 Å². The Bertz CT molecular complexity index is 875. The lowest BCUT2D eigenvalue weighted by Crippen LogP contribution is -2.47. The van der Waals surface area contributed by atoms with E-state index in [1.807, 2.05) is 31.2 Å². The molecule has 1 fully saturated rings. The van der Waals surface area contributed by atoms with Crippen LogP contribution in [0.3, 0.4) is 0 Å². The molecule has 0 amide bonds. The Balaban J connectivity index is 1.81. The molecule has 1 unspecified atom stereocenters. The second-order valence-electron chi connectivity index (χ2n) is 7.59. The van der Waals surface area contributed by atoms with Crippen LogP contribution in [0.25, 0.3) is 0 Å². The average Bonchev–Trinajstić information content (AvgIpc) is 2.70. The van der Waals surface area contributed by atoms with Gasteiger partial charge in [0.25, 0.3) is 0 Å². The average molecular weight is 437 g/mol. The first-order valence-corrected chi connectivity index (χ1v) is 11.4. The number of rotatable bonds is 2. The van der Waals surface area contributed by atoms with Gasteiger partial charge in [-0.05, 0) is 37.5 Å². The number of hydrogen-bond donors (Lipinski definition) is 1. The third kappa shape index (κ3) is 4.17. The largest absolute Gasteiger partial charge is 0.427 e. The van der Waals surface area contributed by atoms with E-state index in [2.05, 4.69) is 10.3 Å². The fraction of sp³-hybridized carbons (Fsp3) is 0.409. The third-order valence-corrected chi connectivity index (χ3v) is 8.64. The van der Waals surface area contributed by atoms with Crippen molar-refractivity contribution < 1.29 is 13.2 Å². The molecule has 1 spiro atoms. The predicted molar refractivity (Wildman–Crippen MR) is 117 cm³/mol. The van der Waals surface area contributed by atoms with Crippen molar-refractivity contribution in [1.82, 2.24) is 0 Å². The molecule has 0 bridgehead atoms. The highest BCUT2D eigenvalue weighted by atomic mass is 32.2. The van der Waals surface area contributed by atoms with Gasteiger partial charge in [-0.15, -0.1) is 0 Å². The van der Waals surface area contributed by atoms with Crippen molar-refractivity contribution in [2.24, 2.45) is 4.99 Å². The van der Waals surface area contributed by atoms with E-state index < -0.39 is 15.1 Å². The zero-order chi connectivity index (χ0) is 20.5. The number of benzene rings is 2. The first-order valence-electron chi connectivity index (χ1n) is 9.77. The molecule has 7 heteroatoms. The smallest absolute Gasteiger partial charge is 0.335 e. The van der Waals surface area contributed by atoms with Crippen LogP contribution in [0, 0.1) is 6.92 Å². The van der Waals surface area contributed by atoms with E-state index in [1.165, 1.54) is 11.8 Å². The molecule has 4 rings (SSSR count). The number of aliphatic imine (C=N–C) groups is 1. The van der Waals surface area contributed by atoms with Crippen molar-refractivity contribution >= 4 is 34.4 Å². The summed E-state index contributed by atoms with van der Waals surface area (Å²) in [6, 6.07) is 15.8. The van der Waals surface area contributed by atoms with E-state index >= 15 is 0 Å². The maximum absolute atomic E-state index is 14.6. The summed E-state index contributed by atoms with van der Waals surface area (Å²) >= 11 is 2.46. The van der Waals surface area contributed by atoms with Crippen LogP contribution in [0.5, 0.6) is 0 Å². The fourth-order valence-electron chi connectivity index (χ4n) is 3.84. The predicted octanol–water partition coefficient (Wildman–Crippen LogP) is 7.32. The summed E-state index contributed by atoms with van der Waals surface area (Å²) in [4.78, 5) is 2.03. The number of thioether (sulfide) groups is 2. The van der Waals surface area contributed by atoms with Crippen LogP contribution in [-0.4, -0.2) is 15.4 Å². The van der Waals surface area contributed by atoms with E-state index in [9.17, 15) is 13.2 Å². The highest BCUT2D eigenvalue weighted by molar-refractivity contribution is 8.27. The van der Waals surface area contributed by atoms with Crippen LogP contribution in [0.2, 0.25) is 0 Å². The van der Waals surface area contributed by atoms with Gasteiger partial charge in [0, 0.05) is 5.69 Å². The molecule has 29 heavy (non-hydrogen) atoms. The standard InChI is InChI=1S/C22H23F3N2S2/c1-16-10-12-18(13-11-16)26-19-27-21(22(23,24)25,17-8-4-2-5-9-17)29-20(28-19)14-6-3-7-15-20/h2,4-5,8-13H,3,6-7,14-15H2,1H3,(H,26,27). The van der Waals surface area contributed by atoms with Gasteiger partial charge < -0.3 is 5.32 Å². The number of nitrogens with one attached hydrogen (secondary N) is 1. The van der Waals surface area contributed by atoms with E-state index in [0.29, 0.717) is 5.17 Å². The molecule has 1 saturated carbocycles. The molecule has 154 valence electrons. The Morgan fingerprint density at radius 3 is 2.21 bits per heavy atom. The molecule has 0 aromatic heterocycles. The quantitative estimate of drug-likeness (QED) is 0.534. The Morgan fingerprint density at radius 2 is 1.59 bits per heavy atom. The zero-order valence-corrected chi connectivity index (χ0v) is 17.8. The Hall–Kier alpha value is -1.60. The molecule has 1 heterocycles. The molecular formula is C22H23F3N2S2. The zero-order valence-electron chi connectivity index (χ0n) is 16.1. The van der Waals surface area contributed by atoms with Gasteiger partial charge in [0.2, 0.25) is 4.87 Å². The van der Waals surface area contributed by atoms with Crippen LogP contribution in [-0.2, 0) is 4.87 Å². The number of halogens is 3. The molecule has 1 aliphatic carbocycles. The monoisotopic (exact) mass is 436 g/mol. The fourth-order valence-corrected chi connectivity index (χ4v) is 7.39. The Kier molecular flexibility index (Phi) is 5.64. The molecule has 1 N–H and O–H groups in total. The van der Waals surface area contributed by atoms with Crippen molar-refractivity contribution in [2.75, 3.05) is 5.32 Å². The first-order chi connectivity index (χ1) is 13.8. The minimum atomic E-state index is -4.51. The highest BCUT2D eigenvalue weighted by Crippen LogP contribution is 2.64. The minimum absolute atomic E-state index is 0.186. The molecule has 1 aliphatic heterocycles. The number of amidine groups is 1. The lowest BCUT2D eigenvalue weighted by molar-refractivity contribution is -0.160. The van der Waals surface area contributed by atoms with Crippen LogP contribution in [0.1, 0.15) is 43.2 Å². The van der Waals surface area contributed by atoms with Crippen molar-refractivity contribution in [3.63, 3.8) is 0 Å². The van der Waals surface area contributed by atoms with E-state index in [4.69, 9.17) is 0 Å². The lowest BCUT2D eigenvalue weighted by atomic mass is 9.99. The lowest BCUT2D eigenvalue weighted by Gasteiger charge is -2.47. The topological polar surface area (TPSA) is 24.4 Å². The number of anilines is 1.